The number of Topliss-reactive ketones (excluding diaryl/α,β-unsaturated/α-hetero) is 1. The summed E-state index contributed by atoms with van der Waals surface area (Å²) in [5, 5.41) is 9.63. The molecule has 1 aromatic heterocycles. The van der Waals surface area contributed by atoms with Gasteiger partial charge in [-0.25, -0.2) is 4.98 Å². The van der Waals surface area contributed by atoms with Crippen LogP contribution in [-0.2, 0) is 0 Å². The number of ketones is 1. The number of aliphatic hydroxyl groups is 1. The van der Waals surface area contributed by atoms with Crippen LogP contribution < -0.4 is 0 Å². The van der Waals surface area contributed by atoms with Crippen molar-refractivity contribution in [2.75, 3.05) is 0 Å². The second-order valence-corrected chi connectivity index (χ2v) is 3.05. The lowest BCUT2D eigenvalue weighted by Gasteiger charge is -2.18. The summed E-state index contributed by atoms with van der Waals surface area (Å²) in [5.41, 5.74) is -1.13. The largest absolute Gasteiger partial charge is 0.382 e. The number of aromatic nitrogens is 2. The Morgan fingerprint density at radius 3 is 2.77 bits per heavy atom. The van der Waals surface area contributed by atoms with Crippen molar-refractivity contribution < 1.29 is 9.90 Å². The van der Waals surface area contributed by atoms with E-state index in [9.17, 15) is 9.90 Å². The van der Waals surface area contributed by atoms with Crippen LogP contribution in [0.1, 0.15) is 30.8 Å². The second kappa shape index (κ2) is 3.62. The van der Waals surface area contributed by atoms with Crippen molar-refractivity contribution in [1.82, 2.24) is 9.97 Å². The minimum Gasteiger partial charge on any atom is -0.382 e. The van der Waals surface area contributed by atoms with Crippen LogP contribution in [0.15, 0.2) is 18.6 Å². The highest BCUT2D eigenvalue weighted by Crippen LogP contribution is 2.14. The van der Waals surface area contributed by atoms with Crippen LogP contribution in [0.5, 0.6) is 0 Å². The van der Waals surface area contributed by atoms with Gasteiger partial charge in [-0.05, 0) is 13.3 Å². The molecule has 0 saturated heterocycles. The minimum absolute atomic E-state index is 0.203. The Hall–Kier alpha value is -1.29. The highest BCUT2D eigenvalue weighted by molar-refractivity contribution is 6.00. The Balaban J connectivity index is 2.93. The number of rotatable bonds is 3. The molecule has 0 saturated carbocycles. The van der Waals surface area contributed by atoms with Crippen molar-refractivity contribution in [2.45, 2.75) is 25.9 Å². The molecule has 1 N–H and O–H groups in total. The van der Waals surface area contributed by atoms with Crippen molar-refractivity contribution in [3.8, 4) is 0 Å². The highest BCUT2D eigenvalue weighted by Gasteiger charge is 2.29. The van der Waals surface area contributed by atoms with Crippen LogP contribution >= 0.6 is 0 Å². The van der Waals surface area contributed by atoms with Gasteiger partial charge in [-0.1, -0.05) is 6.92 Å². The molecule has 0 aliphatic heterocycles. The molecule has 4 heteroatoms. The molecule has 1 rings (SSSR count). The van der Waals surface area contributed by atoms with Crippen LogP contribution in [0, 0.1) is 0 Å². The van der Waals surface area contributed by atoms with Gasteiger partial charge < -0.3 is 5.11 Å². The predicted octanol–water partition coefficient (Wildman–Crippen LogP) is 0.820. The number of nitrogens with zero attached hydrogens (tertiary/aromatic N) is 2. The molecule has 0 radical (unpaired) electrons. The Kier molecular flexibility index (Phi) is 2.72. The monoisotopic (exact) mass is 180 g/mol. The van der Waals surface area contributed by atoms with Gasteiger partial charge in [0.05, 0.1) is 6.20 Å². The quantitative estimate of drug-likeness (QED) is 0.699. The van der Waals surface area contributed by atoms with Crippen LogP contribution in [0.25, 0.3) is 0 Å². The standard InChI is InChI=1S/C9H12N2O2/c1-3-9(2,13)8(12)7-6-10-4-5-11-7/h4-6,13H,3H2,1-2H3. The van der Waals surface area contributed by atoms with E-state index in [1.807, 2.05) is 0 Å². The average Bonchev–Trinajstić information content (AvgIpc) is 2.18. The first-order valence-electron chi connectivity index (χ1n) is 4.11. The average molecular weight is 180 g/mol. The third-order valence-electron chi connectivity index (χ3n) is 1.97. The molecule has 13 heavy (non-hydrogen) atoms. The Morgan fingerprint density at radius 2 is 2.31 bits per heavy atom. The molecule has 1 unspecified atom stereocenters. The van der Waals surface area contributed by atoms with Gasteiger partial charge in [-0.15, -0.1) is 0 Å². The molecule has 0 aliphatic carbocycles. The molecule has 0 bridgehead atoms. The maximum Gasteiger partial charge on any atom is 0.213 e. The van der Waals surface area contributed by atoms with E-state index in [1.54, 1.807) is 6.92 Å². The number of hydrogen-bond acceptors (Lipinski definition) is 4. The summed E-state index contributed by atoms with van der Waals surface area (Å²) in [6, 6.07) is 0. The van der Waals surface area contributed by atoms with Gasteiger partial charge in [0.1, 0.15) is 11.3 Å². The van der Waals surface area contributed by atoms with E-state index in [1.165, 1.54) is 25.5 Å². The van der Waals surface area contributed by atoms with Gasteiger partial charge in [-0.2, -0.15) is 0 Å². The van der Waals surface area contributed by atoms with Gasteiger partial charge >= 0.3 is 0 Å². The van der Waals surface area contributed by atoms with Crippen molar-refractivity contribution >= 4 is 5.78 Å². The molecule has 0 spiro atoms. The van der Waals surface area contributed by atoms with Crippen LogP contribution in [0.4, 0.5) is 0 Å². The molecule has 0 aliphatic rings. The summed E-state index contributed by atoms with van der Waals surface area (Å²) in [6.45, 7) is 3.22. The third-order valence-corrected chi connectivity index (χ3v) is 1.97. The SMILES string of the molecule is CCC(C)(O)C(=O)c1cnccn1. The minimum atomic E-state index is -1.34. The lowest BCUT2D eigenvalue weighted by atomic mass is 9.96. The highest BCUT2D eigenvalue weighted by atomic mass is 16.3. The van der Waals surface area contributed by atoms with Gasteiger partial charge in [0.2, 0.25) is 5.78 Å². The van der Waals surface area contributed by atoms with Gasteiger partial charge in [0.25, 0.3) is 0 Å². The fourth-order valence-electron chi connectivity index (χ4n) is 0.853. The molecule has 4 nitrogen and oxygen atoms in total. The first-order valence-corrected chi connectivity index (χ1v) is 4.11. The molecule has 1 atom stereocenters. The molecule has 0 aromatic carbocycles. The van der Waals surface area contributed by atoms with Crippen molar-refractivity contribution in [2.24, 2.45) is 0 Å². The summed E-state index contributed by atoms with van der Waals surface area (Å²) in [5.74, 6) is -0.386. The van der Waals surface area contributed by atoms with E-state index < -0.39 is 5.60 Å². The van der Waals surface area contributed by atoms with Gasteiger partial charge in [0, 0.05) is 12.4 Å². The maximum atomic E-state index is 11.5. The van der Waals surface area contributed by atoms with E-state index in [0.717, 1.165) is 0 Å². The molecule has 1 heterocycles. The predicted molar refractivity (Wildman–Crippen MR) is 47.3 cm³/mol. The molecule has 0 fully saturated rings. The molecule has 1 aromatic rings. The first-order chi connectivity index (χ1) is 6.08. The lowest BCUT2D eigenvalue weighted by molar-refractivity contribution is 0.0385. The Morgan fingerprint density at radius 1 is 1.62 bits per heavy atom. The van der Waals surface area contributed by atoms with Crippen LogP contribution in [0.2, 0.25) is 0 Å². The molecular weight excluding hydrogens is 168 g/mol. The first kappa shape index (κ1) is 9.80. The molecule has 0 amide bonds. The zero-order chi connectivity index (χ0) is 9.90. The lowest BCUT2D eigenvalue weighted by Crippen LogP contribution is -2.34. The topological polar surface area (TPSA) is 63.1 Å². The van der Waals surface area contributed by atoms with Crippen molar-refractivity contribution in [3.63, 3.8) is 0 Å². The summed E-state index contributed by atoms with van der Waals surface area (Å²) in [6.07, 6.45) is 4.63. The van der Waals surface area contributed by atoms with E-state index in [-0.39, 0.29) is 11.5 Å². The molecule has 70 valence electrons. The fraction of sp³-hybridized carbons (Fsp3) is 0.444. The van der Waals surface area contributed by atoms with Crippen molar-refractivity contribution in [3.05, 3.63) is 24.3 Å². The third kappa shape index (κ3) is 2.09. The number of carbonyl (C=O) groups excluding carboxylic acids is 1. The number of hydrogen-bond donors (Lipinski definition) is 1. The van der Waals surface area contributed by atoms with E-state index in [0.29, 0.717) is 6.42 Å². The summed E-state index contributed by atoms with van der Waals surface area (Å²) in [7, 11) is 0. The number of carbonyl (C=O) groups is 1. The van der Waals surface area contributed by atoms with E-state index in [2.05, 4.69) is 9.97 Å². The fourth-order valence-corrected chi connectivity index (χ4v) is 0.853. The van der Waals surface area contributed by atoms with Gasteiger partial charge in [-0.3, -0.25) is 9.78 Å². The summed E-state index contributed by atoms with van der Waals surface area (Å²) < 4.78 is 0. The molecular formula is C9H12N2O2. The summed E-state index contributed by atoms with van der Waals surface area (Å²) in [4.78, 5) is 19.1. The smallest absolute Gasteiger partial charge is 0.213 e. The van der Waals surface area contributed by atoms with Gasteiger partial charge in [0.15, 0.2) is 0 Å². The summed E-state index contributed by atoms with van der Waals surface area (Å²) >= 11 is 0. The van der Waals surface area contributed by atoms with E-state index >= 15 is 0 Å². The van der Waals surface area contributed by atoms with Crippen LogP contribution in [-0.4, -0.2) is 26.5 Å². The second-order valence-electron chi connectivity index (χ2n) is 3.05. The Bertz CT molecular complexity index is 296. The van der Waals surface area contributed by atoms with Crippen molar-refractivity contribution in [1.29, 1.82) is 0 Å². The normalized spacial score (nSPS) is 15.0. The Labute approximate surface area is 76.7 Å². The zero-order valence-electron chi connectivity index (χ0n) is 7.69. The van der Waals surface area contributed by atoms with E-state index in [4.69, 9.17) is 0 Å². The van der Waals surface area contributed by atoms with Crippen LogP contribution in [0.3, 0.4) is 0 Å². The zero-order valence-corrected chi connectivity index (χ0v) is 7.69. The maximum absolute atomic E-state index is 11.5.